The highest BCUT2D eigenvalue weighted by Gasteiger charge is 2.26. The second-order valence-electron chi connectivity index (χ2n) is 7.04. The van der Waals surface area contributed by atoms with E-state index in [9.17, 15) is 14.4 Å². The van der Waals surface area contributed by atoms with E-state index >= 15 is 0 Å². The van der Waals surface area contributed by atoms with Gasteiger partial charge in [0.05, 0.1) is 6.04 Å². The molecule has 0 aliphatic carbocycles. The minimum absolute atomic E-state index is 0.251. The van der Waals surface area contributed by atoms with Gasteiger partial charge in [-0.3, -0.25) is 4.79 Å². The molecule has 3 N–H and O–H groups in total. The first kappa shape index (κ1) is 21.9. The Balaban J connectivity index is 1.91. The highest BCUT2D eigenvalue weighted by molar-refractivity contribution is 5.87. The van der Waals surface area contributed by atoms with Crippen LogP contribution in [0, 0.1) is 5.92 Å². The van der Waals surface area contributed by atoms with Gasteiger partial charge in [0.25, 0.3) is 0 Å². The molecule has 0 bridgehead atoms. The van der Waals surface area contributed by atoms with Crippen LogP contribution >= 0.6 is 0 Å². The monoisotopic (exact) mass is 398 g/mol. The number of carbonyl (C=O) groups is 3. The molecule has 2 atom stereocenters. The second kappa shape index (κ2) is 10.8. The SMILES string of the molecule is CC(C)[C@H](NC(=O)O)C(=O)NC(C=O)Cc1ccc(OCc2ccccc2)cc1. The van der Waals surface area contributed by atoms with Gasteiger partial charge in [-0.25, -0.2) is 4.79 Å². The van der Waals surface area contributed by atoms with Gasteiger partial charge in [-0.15, -0.1) is 0 Å². The third kappa shape index (κ3) is 7.29. The second-order valence-corrected chi connectivity index (χ2v) is 7.04. The van der Waals surface area contributed by atoms with Gasteiger partial charge in [-0.2, -0.15) is 0 Å². The van der Waals surface area contributed by atoms with Crippen molar-refractivity contribution in [2.75, 3.05) is 0 Å². The van der Waals surface area contributed by atoms with Crippen molar-refractivity contribution >= 4 is 18.3 Å². The van der Waals surface area contributed by atoms with Gasteiger partial charge in [-0.05, 0) is 35.6 Å². The quantitative estimate of drug-likeness (QED) is 0.534. The minimum Gasteiger partial charge on any atom is -0.489 e. The summed E-state index contributed by atoms with van der Waals surface area (Å²) in [6.45, 7) is 3.91. The molecule has 0 fully saturated rings. The Morgan fingerprint density at radius 2 is 1.66 bits per heavy atom. The largest absolute Gasteiger partial charge is 0.489 e. The zero-order chi connectivity index (χ0) is 21.2. The van der Waals surface area contributed by atoms with E-state index in [4.69, 9.17) is 9.84 Å². The molecule has 0 saturated carbocycles. The molecule has 0 aliphatic heterocycles. The summed E-state index contributed by atoms with van der Waals surface area (Å²) in [6, 6.07) is 15.4. The number of rotatable bonds is 10. The van der Waals surface area contributed by atoms with Crippen LogP contribution in [0.2, 0.25) is 0 Å². The smallest absolute Gasteiger partial charge is 0.405 e. The van der Waals surface area contributed by atoms with Gasteiger partial charge in [-0.1, -0.05) is 56.3 Å². The molecule has 7 nitrogen and oxygen atoms in total. The molecule has 1 unspecified atom stereocenters. The number of carbonyl (C=O) groups excluding carboxylic acids is 2. The van der Waals surface area contributed by atoms with E-state index in [0.717, 1.165) is 11.1 Å². The molecule has 0 aromatic heterocycles. The first-order valence-corrected chi connectivity index (χ1v) is 9.40. The third-order valence-electron chi connectivity index (χ3n) is 4.35. The van der Waals surface area contributed by atoms with Crippen molar-refractivity contribution in [1.82, 2.24) is 10.6 Å². The van der Waals surface area contributed by atoms with Crippen LogP contribution in [0.5, 0.6) is 5.75 Å². The summed E-state index contributed by atoms with van der Waals surface area (Å²) >= 11 is 0. The van der Waals surface area contributed by atoms with E-state index in [-0.39, 0.29) is 5.92 Å². The van der Waals surface area contributed by atoms with E-state index in [0.29, 0.717) is 25.1 Å². The zero-order valence-corrected chi connectivity index (χ0v) is 16.5. The maximum atomic E-state index is 12.3. The lowest BCUT2D eigenvalue weighted by Gasteiger charge is -2.22. The number of ether oxygens (including phenoxy) is 1. The first-order chi connectivity index (χ1) is 13.9. The Hall–Kier alpha value is -3.35. The summed E-state index contributed by atoms with van der Waals surface area (Å²) in [5.41, 5.74) is 1.91. The highest BCUT2D eigenvalue weighted by atomic mass is 16.5. The average molecular weight is 398 g/mol. The van der Waals surface area contributed by atoms with Crippen molar-refractivity contribution in [2.45, 2.75) is 39.0 Å². The van der Waals surface area contributed by atoms with Crippen LogP contribution in [0.1, 0.15) is 25.0 Å². The predicted molar refractivity (Wildman–Crippen MR) is 109 cm³/mol. The maximum Gasteiger partial charge on any atom is 0.405 e. The van der Waals surface area contributed by atoms with Crippen molar-refractivity contribution < 1.29 is 24.2 Å². The Morgan fingerprint density at radius 3 is 2.21 bits per heavy atom. The molecule has 0 spiro atoms. The van der Waals surface area contributed by atoms with E-state index in [2.05, 4.69) is 10.6 Å². The number of amides is 2. The molecule has 0 saturated heterocycles. The summed E-state index contributed by atoms with van der Waals surface area (Å²) < 4.78 is 5.73. The molecule has 0 heterocycles. The van der Waals surface area contributed by atoms with E-state index < -0.39 is 24.1 Å². The fourth-order valence-electron chi connectivity index (χ4n) is 2.79. The summed E-state index contributed by atoms with van der Waals surface area (Å²) in [5.74, 6) is -0.0726. The lowest BCUT2D eigenvalue weighted by molar-refractivity contribution is -0.126. The molecular formula is C22H26N2O5. The van der Waals surface area contributed by atoms with Crippen molar-refractivity contribution in [3.8, 4) is 5.75 Å². The summed E-state index contributed by atoms with van der Waals surface area (Å²) in [5, 5.41) is 13.7. The van der Waals surface area contributed by atoms with Crippen LogP contribution in [-0.2, 0) is 22.6 Å². The van der Waals surface area contributed by atoms with Crippen LogP contribution in [0.15, 0.2) is 54.6 Å². The van der Waals surface area contributed by atoms with Gasteiger partial charge in [0.1, 0.15) is 24.7 Å². The first-order valence-electron chi connectivity index (χ1n) is 9.40. The Morgan fingerprint density at radius 1 is 1.00 bits per heavy atom. The van der Waals surface area contributed by atoms with Crippen LogP contribution in [0.25, 0.3) is 0 Å². The Kier molecular flexibility index (Phi) is 8.21. The van der Waals surface area contributed by atoms with E-state index in [1.807, 2.05) is 54.6 Å². The van der Waals surface area contributed by atoms with Gasteiger partial charge >= 0.3 is 6.09 Å². The molecule has 29 heavy (non-hydrogen) atoms. The molecule has 154 valence electrons. The minimum atomic E-state index is -1.28. The van der Waals surface area contributed by atoms with Crippen molar-refractivity contribution in [1.29, 1.82) is 0 Å². The lowest BCUT2D eigenvalue weighted by atomic mass is 10.0. The molecular weight excluding hydrogens is 372 g/mol. The lowest BCUT2D eigenvalue weighted by Crippen LogP contribution is -2.52. The van der Waals surface area contributed by atoms with Gasteiger partial charge in [0.15, 0.2) is 0 Å². The van der Waals surface area contributed by atoms with Crippen molar-refractivity contribution in [2.24, 2.45) is 5.92 Å². The van der Waals surface area contributed by atoms with Gasteiger partial charge in [0.2, 0.25) is 5.91 Å². The third-order valence-corrected chi connectivity index (χ3v) is 4.35. The summed E-state index contributed by atoms with van der Waals surface area (Å²) in [7, 11) is 0. The number of carboxylic acid groups (broad SMARTS) is 1. The number of hydrogen-bond acceptors (Lipinski definition) is 4. The molecule has 2 amide bonds. The van der Waals surface area contributed by atoms with Crippen LogP contribution < -0.4 is 15.4 Å². The zero-order valence-electron chi connectivity index (χ0n) is 16.5. The Labute approximate surface area is 170 Å². The fraction of sp³-hybridized carbons (Fsp3) is 0.318. The van der Waals surface area contributed by atoms with Crippen LogP contribution in [0.4, 0.5) is 4.79 Å². The molecule has 0 radical (unpaired) electrons. The fourth-order valence-corrected chi connectivity index (χ4v) is 2.79. The molecule has 2 rings (SSSR count). The van der Waals surface area contributed by atoms with Crippen LogP contribution in [-0.4, -0.2) is 35.5 Å². The molecule has 7 heteroatoms. The molecule has 2 aromatic carbocycles. The topological polar surface area (TPSA) is 105 Å². The maximum absolute atomic E-state index is 12.3. The van der Waals surface area contributed by atoms with E-state index in [1.165, 1.54) is 0 Å². The van der Waals surface area contributed by atoms with Gasteiger partial charge < -0.3 is 25.3 Å². The van der Waals surface area contributed by atoms with Crippen LogP contribution in [0.3, 0.4) is 0 Å². The average Bonchev–Trinajstić information content (AvgIpc) is 2.71. The molecule has 2 aromatic rings. The van der Waals surface area contributed by atoms with Crippen molar-refractivity contribution in [3.05, 3.63) is 65.7 Å². The summed E-state index contributed by atoms with van der Waals surface area (Å²) in [4.78, 5) is 34.6. The van der Waals surface area contributed by atoms with Crippen molar-refractivity contribution in [3.63, 3.8) is 0 Å². The Bertz CT molecular complexity index is 806. The number of aldehydes is 1. The number of nitrogens with one attached hydrogen (secondary N) is 2. The predicted octanol–water partition coefficient (Wildman–Crippen LogP) is 2.78. The standard InChI is InChI=1S/C22H26N2O5/c1-15(2)20(24-22(27)28)21(26)23-18(13-25)12-16-8-10-19(11-9-16)29-14-17-6-4-3-5-7-17/h3-11,13,15,18,20,24H,12,14H2,1-2H3,(H,23,26)(H,27,28)/t18?,20-/m0/s1. The van der Waals surface area contributed by atoms with E-state index in [1.54, 1.807) is 13.8 Å². The highest BCUT2D eigenvalue weighted by Crippen LogP contribution is 2.15. The molecule has 0 aliphatic rings. The summed E-state index contributed by atoms with van der Waals surface area (Å²) in [6.07, 6.45) is -0.338. The number of benzene rings is 2. The van der Waals surface area contributed by atoms with Gasteiger partial charge in [0, 0.05) is 0 Å². The number of hydrogen-bond donors (Lipinski definition) is 3. The normalized spacial score (nSPS) is 12.7.